The molecule has 2 atom stereocenters. The standard InChI is InChI=1S/C24H29N3OS/c1-15-6-7-16(2)27(15)22-25-19-9-8-17(10-20(19)29-22)21(28)26-14-24(5)12-18(26)11-23(3,4)13-24/h6-10,18H,11-14H2,1-5H3. The van der Waals surface area contributed by atoms with E-state index in [0.29, 0.717) is 11.5 Å². The molecule has 1 aromatic carbocycles. The first kappa shape index (κ1) is 18.9. The molecule has 4 nitrogen and oxygen atoms in total. The molecule has 0 radical (unpaired) electrons. The normalized spacial score (nSPS) is 25.7. The van der Waals surface area contributed by atoms with Gasteiger partial charge in [-0.25, -0.2) is 4.98 Å². The van der Waals surface area contributed by atoms with E-state index in [2.05, 4.69) is 56.2 Å². The Morgan fingerprint density at radius 3 is 2.55 bits per heavy atom. The average Bonchev–Trinajstić information content (AvgIpc) is 3.26. The van der Waals surface area contributed by atoms with E-state index in [1.807, 2.05) is 18.2 Å². The Morgan fingerprint density at radius 1 is 1.10 bits per heavy atom. The number of carbonyl (C=O) groups excluding carboxylic acids is 1. The van der Waals surface area contributed by atoms with Crippen molar-refractivity contribution in [3.05, 3.63) is 47.3 Å². The van der Waals surface area contributed by atoms with Gasteiger partial charge >= 0.3 is 0 Å². The van der Waals surface area contributed by atoms with Gasteiger partial charge in [-0.3, -0.25) is 9.36 Å². The molecule has 152 valence electrons. The molecule has 3 heterocycles. The van der Waals surface area contributed by atoms with Gasteiger partial charge in [-0.15, -0.1) is 0 Å². The van der Waals surface area contributed by atoms with Gasteiger partial charge in [0.05, 0.1) is 10.2 Å². The molecule has 1 aliphatic carbocycles. The summed E-state index contributed by atoms with van der Waals surface area (Å²) in [7, 11) is 0. The fourth-order valence-corrected chi connectivity index (χ4v) is 7.10. The first-order chi connectivity index (χ1) is 13.6. The van der Waals surface area contributed by atoms with Gasteiger partial charge in [0.15, 0.2) is 5.13 Å². The molecule has 2 aliphatic rings. The van der Waals surface area contributed by atoms with E-state index in [1.165, 1.54) is 17.8 Å². The SMILES string of the molecule is Cc1ccc(C)n1-c1nc2ccc(C(=O)N3CC4(C)CC3CC(C)(C)C4)cc2s1. The quantitative estimate of drug-likeness (QED) is 0.543. The molecular formula is C24H29N3OS. The number of rotatable bonds is 2. The lowest BCUT2D eigenvalue weighted by atomic mass is 9.65. The second-order valence-corrected chi connectivity index (χ2v) is 11.3. The number of thiazole rings is 1. The molecule has 2 bridgehead atoms. The van der Waals surface area contributed by atoms with E-state index in [9.17, 15) is 4.79 Å². The van der Waals surface area contributed by atoms with E-state index in [-0.39, 0.29) is 11.3 Å². The molecular weight excluding hydrogens is 378 g/mol. The number of aryl methyl sites for hydroxylation is 2. The third-order valence-electron chi connectivity index (χ3n) is 6.76. The minimum absolute atomic E-state index is 0.182. The first-order valence-electron chi connectivity index (χ1n) is 10.5. The number of amides is 1. The molecule has 1 saturated carbocycles. The predicted molar refractivity (Wildman–Crippen MR) is 119 cm³/mol. The second kappa shape index (κ2) is 6.18. The number of likely N-dealkylation sites (tertiary alicyclic amines) is 1. The minimum atomic E-state index is 0.182. The van der Waals surface area contributed by atoms with Gasteiger partial charge in [0, 0.05) is 29.5 Å². The largest absolute Gasteiger partial charge is 0.335 e. The Bertz CT molecular complexity index is 1110. The highest BCUT2D eigenvalue weighted by atomic mass is 32.1. The molecule has 1 aliphatic heterocycles. The van der Waals surface area contributed by atoms with Crippen LogP contribution in [-0.2, 0) is 0 Å². The fraction of sp³-hybridized carbons (Fsp3) is 0.500. The molecule has 5 rings (SSSR count). The molecule has 2 unspecified atom stereocenters. The van der Waals surface area contributed by atoms with Gasteiger partial charge < -0.3 is 4.90 Å². The number of fused-ring (bicyclic) bond motifs is 3. The predicted octanol–water partition coefficient (Wildman–Crippen LogP) is 5.74. The molecule has 3 aromatic rings. The van der Waals surface area contributed by atoms with Crippen LogP contribution in [0.15, 0.2) is 30.3 Å². The van der Waals surface area contributed by atoms with E-state index in [4.69, 9.17) is 4.98 Å². The lowest BCUT2D eigenvalue weighted by Gasteiger charge is -2.39. The Balaban J connectivity index is 1.47. The molecule has 0 N–H and O–H groups in total. The monoisotopic (exact) mass is 407 g/mol. The van der Waals surface area contributed by atoms with E-state index in [0.717, 1.165) is 40.3 Å². The molecule has 1 amide bonds. The van der Waals surface area contributed by atoms with Crippen LogP contribution >= 0.6 is 11.3 Å². The zero-order valence-corrected chi connectivity index (χ0v) is 18.8. The van der Waals surface area contributed by atoms with E-state index in [1.54, 1.807) is 11.3 Å². The average molecular weight is 408 g/mol. The summed E-state index contributed by atoms with van der Waals surface area (Å²) in [6, 6.07) is 10.6. The third-order valence-corrected chi connectivity index (χ3v) is 7.77. The maximum atomic E-state index is 13.4. The maximum Gasteiger partial charge on any atom is 0.254 e. The Hall–Kier alpha value is -2.14. The topological polar surface area (TPSA) is 38.1 Å². The third kappa shape index (κ3) is 3.10. The highest BCUT2D eigenvalue weighted by Gasteiger charge is 2.51. The van der Waals surface area contributed by atoms with Crippen molar-refractivity contribution < 1.29 is 4.79 Å². The van der Waals surface area contributed by atoms with Crippen molar-refractivity contribution in [1.29, 1.82) is 0 Å². The van der Waals surface area contributed by atoms with Crippen molar-refractivity contribution in [2.75, 3.05) is 6.54 Å². The molecule has 0 spiro atoms. The van der Waals surface area contributed by atoms with Crippen LogP contribution in [0, 0.1) is 24.7 Å². The Labute approximate surface area is 176 Å². The van der Waals surface area contributed by atoms with E-state index < -0.39 is 0 Å². The number of hydrogen-bond acceptors (Lipinski definition) is 3. The first-order valence-corrected chi connectivity index (χ1v) is 11.3. The summed E-state index contributed by atoms with van der Waals surface area (Å²) < 4.78 is 3.26. The van der Waals surface area contributed by atoms with Crippen molar-refractivity contribution in [2.45, 2.75) is 59.9 Å². The summed E-state index contributed by atoms with van der Waals surface area (Å²) in [4.78, 5) is 20.4. The van der Waals surface area contributed by atoms with Gasteiger partial charge in [0.1, 0.15) is 0 Å². The van der Waals surface area contributed by atoms with Crippen molar-refractivity contribution in [2.24, 2.45) is 10.8 Å². The van der Waals surface area contributed by atoms with Crippen LogP contribution < -0.4 is 0 Å². The fourth-order valence-electron chi connectivity index (χ4n) is 5.97. The Kier molecular flexibility index (Phi) is 4.02. The number of aromatic nitrogens is 2. The van der Waals surface area contributed by atoms with Gasteiger partial charge in [-0.2, -0.15) is 0 Å². The maximum absolute atomic E-state index is 13.4. The van der Waals surface area contributed by atoms with Crippen LogP contribution in [0.5, 0.6) is 0 Å². The smallest absolute Gasteiger partial charge is 0.254 e. The number of hydrogen-bond donors (Lipinski definition) is 0. The number of benzene rings is 1. The summed E-state index contributed by atoms with van der Waals surface area (Å²) in [6.45, 7) is 12.1. The zero-order valence-electron chi connectivity index (χ0n) is 18.0. The molecule has 29 heavy (non-hydrogen) atoms. The van der Waals surface area contributed by atoms with Crippen LogP contribution in [0.3, 0.4) is 0 Å². The highest BCUT2D eigenvalue weighted by Crippen LogP contribution is 2.52. The van der Waals surface area contributed by atoms with Gasteiger partial charge in [-0.05, 0) is 74.3 Å². The van der Waals surface area contributed by atoms with Crippen molar-refractivity contribution in [3.63, 3.8) is 0 Å². The van der Waals surface area contributed by atoms with Crippen LogP contribution in [-0.4, -0.2) is 32.9 Å². The lowest BCUT2D eigenvalue weighted by Crippen LogP contribution is -2.37. The minimum Gasteiger partial charge on any atom is -0.335 e. The molecule has 1 saturated heterocycles. The van der Waals surface area contributed by atoms with Crippen molar-refractivity contribution in [1.82, 2.24) is 14.5 Å². The molecule has 2 fully saturated rings. The summed E-state index contributed by atoms with van der Waals surface area (Å²) in [5.74, 6) is 0.182. The van der Waals surface area contributed by atoms with Crippen LogP contribution in [0.25, 0.3) is 15.3 Å². The lowest BCUT2D eigenvalue weighted by molar-refractivity contribution is 0.0708. The zero-order chi connectivity index (χ0) is 20.6. The Morgan fingerprint density at radius 2 is 1.83 bits per heavy atom. The molecule has 2 aromatic heterocycles. The summed E-state index contributed by atoms with van der Waals surface area (Å²) in [5, 5.41) is 0.968. The van der Waals surface area contributed by atoms with Gasteiger partial charge in [0.25, 0.3) is 5.91 Å². The summed E-state index contributed by atoms with van der Waals surface area (Å²) in [5.41, 5.74) is 4.68. The van der Waals surface area contributed by atoms with E-state index >= 15 is 0 Å². The summed E-state index contributed by atoms with van der Waals surface area (Å²) >= 11 is 1.66. The van der Waals surface area contributed by atoms with Gasteiger partial charge in [-0.1, -0.05) is 32.1 Å². The second-order valence-electron chi connectivity index (χ2n) is 10.3. The van der Waals surface area contributed by atoms with Crippen LogP contribution in [0.2, 0.25) is 0 Å². The number of carbonyl (C=O) groups is 1. The number of nitrogens with zero attached hydrogens (tertiary/aromatic N) is 3. The summed E-state index contributed by atoms with van der Waals surface area (Å²) in [6.07, 6.45) is 3.45. The van der Waals surface area contributed by atoms with Gasteiger partial charge in [0.2, 0.25) is 0 Å². The van der Waals surface area contributed by atoms with Crippen molar-refractivity contribution in [3.8, 4) is 5.13 Å². The highest BCUT2D eigenvalue weighted by molar-refractivity contribution is 7.20. The van der Waals surface area contributed by atoms with Crippen molar-refractivity contribution >= 4 is 27.5 Å². The van der Waals surface area contributed by atoms with Crippen LogP contribution in [0.4, 0.5) is 0 Å². The molecule has 5 heteroatoms. The van der Waals surface area contributed by atoms with Crippen LogP contribution in [0.1, 0.15) is 61.8 Å².